The van der Waals surface area contributed by atoms with Crippen LogP contribution >= 0.6 is 0 Å². The van der Waals surface area contributed by atoms with Crippen LogP contribution in [0, 0.1) is 12.7 Å². The van der Waals surface area contributed by atoms with Gasteiger partial charge in [-0.25, -0.2) is 14.4 Å². The number of nitrogens with zero attached hydrogens (tertiary/aromatic N) is 2. The van der Waals surface area contributed by atoms with Crippen molar-refractivity contribution in [3.63, 3.8) is 0 Å². The standard InChI is InChI=1S/C14H15FN4O/c1-8-12(14(20)17-2)19-11(13(16)18-8)7-9-3-5-10(15)6-4-9/h3-6H,7H2,1-2H3,(H2,16,18)(H,17,20). The first-order chi connectivity index (χ1) is 9.51. The molecule has 104 valence electrons. The van der Waals surface area contributed by atoms with Crippen molar-refractivity contribution in [2.24, 2.45) is 0 Å². The number of anilines is 1. The van der Waals surface area contributed by atoms with E-state index in [9.17, 15) is 9.18 Å². The summed E-state index contributed by atoms with van der Waals surface area (Å²) >= 11 is 0. The fourth-order valence-corrected chi connectivity index (χ4v) is 1.83. The molecule has 0 bridgehead atoms. The number of hydrogen-bond donors (Lipinski definition) is 2. The molecule has 0 fully saturated rings. The third-order valence-corrected chi connectivity index (χ3v) is 2.90. The Kier molecular flexibility index (Phi) is 3.93. The minimum atomic E-state index is -0.310. The lowest BCUT2D eigenvalue weighted by Crippen LogP contribution is -2.22. The SMILES string of the molecule is CNC(=O)c1nc(Cc2ccc(F)cc2)c(N)nc1C. The molecule has 0 saturated carbocycles. The molecule has 5 nitrogen and oxygen atoms in total. The molecule has 6 heteroatoms. The number of hydrogen-bond acceptors (Lipinski definition) is 4. The number of amides is 1. The normalized spacial score (nSPS) is 10.3. The van der Waals surface area contributed by atoms with Crippen molar-refractivity contribution in [2.45, 2.75) is 13.3 Å². The molecule has 2 aromatic rings. The summed E-state index contributed by atoms with van der Waals surface area (Å²) in [5.41, 5.74) is 7.90. The third-order valence-electron chi connectivity index (χ3n) is 2.90. The maximum Gasteiger partial charge on any atom is 0.271 e. The molecule has 1 aromatic carbocycles. The largest absolute Gasteiger partial charge is 0.382 e. The van der Waals surface area contributed by atoms with E-state index in [1.807, 2.05) is 0 Å². The summed E-state index contributed by atoms with van der Waals surface area (Å²) in [4.78, 5) is 20.1. The molecule has 1 amide bonds. The topological polar surface area (TPSA) is 80.9 Å². The second-order valence-corrected chi connectivity index (χ2v) is 4.37. The van der Waals surface area contributed by atoms with E-state index >= 15 is 0 Å². The van der Waals surface area contributed by atoms with Crippen LogP contribution in [0.3, 0.4) is 0 Å². The lowest BCUT2D eigenvalue weighted by atomic mass is 10.1. The molecular weight excluding hydrogens is 259 g/mol. The summed E-state index contributed by atoms with van der Waals surface area (Å²) in [6.07, 6.45) is 0.392. The van der Waals surface area contributed by atoms with Crippen molar-refractivity contribution in [2.75, 3.05) is 12.8 Å². The van der Waals surface area contributed by atoms with Crippen molar-refractivity contribution in [3.8, 4) is 0 Å². The van der Waals surface area contributed by atoms with Crippen molar-refractivity contribution in [1.82, 2.24) is 15.3 Å². The van der Waals surface area contributed by atoms with E-state index in [1.165, 1.54) is 19.2 Å². The monoisotopic (exact) mass is 274 g/mol. The highest BCUT2D eigenvalue weighted by atomic mass is 19.1. The predicted molar refractivity (Wildman–Crippen MR) is 73.8 cm³/mol. The molecule has 0 unspecified atom stereocenters. The number of halogens is 1. The van der Waals surface area contributed by atoms with Gasteiger partial charge in [0.25, 0.3) is 5.91 Å². The maximum absolute atomic E-state index is 12.9. The van der Waals surface area contributed by atoms with Crippen LogP contribution in [0.15, 0.2) is 24.3 Å². The van der Waals surface area contributed by atoms with Crippen LogP contribution in [0.2, 0.25) is 0 Å². The zero-order valence-corrected chi connectivity index (χ0v) is 11.3. The Balaban J connectivity index is 2.36. The highest BCUT2D eigenvalue weighted by molar-refractivity contribution is 5.93. The van der Waals surface area contributed by atoms with Crippen LogP contribution in [0.4, 0.5) is 10.2 Å². The van der Waals surface area contributed by atoms with Gasteiger partial charge in [-0.15, -0.1) is 0 Å². The second-order valence-electron chi connectivity index (χ2n) is 4.37. The van der Waals surface area contributed by atoms with Gasteiger partial charge in [0.15, 0.2) is 0 Å². The first-order valence-electron chi connectivity index (χ1n) is 6.10. The fraction of sp³-hybridized carbons (Fsp3) is 0.214. The van der Waals surface area contributed by atoms with Gasteiger partial charge in [0.1, 0.15) is 17.3 Å². The van der Waals surface area contributed by atoms with Gasteiger partial charge in [-0.1, -0.05) is 12.1 Å². The van der Waals surface area contributed by atoms with E-state index in [-0.39, 0.29) is 23.2 Å². The molecule has 0 aliphatic rings. The van der Waals surface area contributed by atoms with Gasteiger partial charge in [0.05, 0.1) is 11.4 Å². The number of nitrogens with one attached hydrogen (secondary N) is 1. The van der Waals surface area contributed by atoms with Crippen molar-refractivity contribution >= 4 is 11.7 Å². The van der Waals surface area contributed by atoms with Gasteiger partial charge in [-0.05, 0) is 24.6 Å². The smallest absolute Gasteiger partial charge is 0.271 e. The number of aromatic nitrogens is 2. The van der Waals surface area contributed by atoms with Crippen molar-refractivity contribution in [3.05, 3.63) is 52.7 Å². The quantitative estimate of drug-likeness (QED) is 0.887. The number of carbonyl (C=O) groups is 1. The molecule has 0 saturated heterocycles. The zero-order chi connectivity index (χ0) is 14.7. The molecule has 0 atom stereocenters. The Bertz CT molecular complexity index is 640. The molecular formula is C14H15FN4O. The minimum absolute atomic E-state index is 0.249. The summed E-state index contributed by atoms with van der Waals surface area (Å²) < 4.78 is 12.9. The second kappa shape index (κ2) is 5.64. The average molecular weight is 274 g/mol. The Labute approximate surface area is 116 Å². The first kappa shape index (κ1) is 13.9. The molecule has 0 spiro atoms. The van der Waals surface area contributed by atoms with E-state index in [2.05, 4.69) is 15.3 Å². The van der Waals surface area contributed by atoms with E-state index in [0.29, 0.717) is 17.8 Å². The summed E-state index contributed by atoms with van der Waals surface area (Å²) in [5, 5.41) is 2.51. The molecule has 0 aliphatic heterocycles. The van der Waals surface area contributed by atoms with Gasteiger partial charge < -0.3 is 11.1 Å². The highest BCUT2D eigenvalue weighted by Crippen LogP contribution is 2.15. The number of aryl methyl sites for hydroxylation is 1. The van der Waals surface area contributed by atoms with Gasteiger partial charge in [-0.2, -0.15) is 0 Å². The van der Waals surface area contributed by atoms with Crippen LogP contribution in [-0.4, -0.2) is 22.9 Å². The van der Waals surface area contributed by atoms with Gasteiger partial charge >= 0.3 is 0 Å². The fourth-order valence-electron chi connectivity index (χ4n) is 1.83. The molecule has 3 N–H and O–H groups in total. The lowest BCUT2D eigenvalue weighted by Gasteiger charge is -2.09. The Morgan fingerprint density at radius 2 is 1.95 bits per heavy atom. The maximum atomic E-state index is 12.9. The summed E-state index contributed by atoms with van der Waals surface area (Å²) in [5.74, 6) is -0.336. The van der Waals surface area contributed by atoms with Crippen LogP contribution in [0.5, 0.6) is 0 Å². The van der Waals surface area contributed by atoms with Crippen LogP contribution < -0.4 is 11.1 Å². The number of rotatable bonds is 3. The molecule has 1 heterocycles. The van der Waals surface area contributed by atoms with Crippen molar-refractivity contribution in [1.29, 1.82) is 0 Å². The molecule has 1 aromatic heterocycles. The summed E-state index contributed by atoms with van der Waals surface area (Å²) in [6, 6.07) is 6.03. The van der Waals surface area contributed by atoms with Gasteiger partial charge in [0.2, 0.25) is 0 Å². The first-order valence-corrected chi connectivity index (χ1v) is 6.10. The Morgan fingerprint density at radius 1 is 1.30 bits per heavy atom. The minimum Gasteiger partial charge on any atom is -0.382 e. The zero-order valence-electron chi connectivity index (χ0n) is 11.3. The number of carbonyl (C=O) groups excluding carboxylic acids is 1. The van der Waals surface area contributed by atoms with E-state index in [0.717, 1.165) is 5.56 Å². The number of nitrogen functional groups attached to an aromatic ring is 1. The third kappa shape index (κ3) is 2.90. The summed E-state index contributed by atoms with van der Waals surface area (Å²) in [7, 11) is 1.53. The van der Waals surface area contributed by atoms with Gasteiger partial charge in [0, 0.05) is 13.5 Å². The van der Waals surface area contributed by atoms with Crippen LogP contribution in [0.25, 0.3) is 0 Å². The molecule has 20 heavy (non-hydrogen) atoms. The predicted octanol–water partition coefficient (Wildman–Crippen LogP) is 1.46. The lowest BCUT2D eigenvalue weighted by molar-refractivity contribution is 0.0957. The average Bonchev–Trinajstić information content (AvgIpc) is 2.43. The van der Waals surface area contributed by atoms with E-state index in [1.54, 1.807) is 19.1 Å². The summed E-state index contributed by atoms with van der Waals surface area (Å²) in [6.45, 7) is 1.68. The Morgan fingerprint density at radius 3 is 2.55 bits per heavy atom. The van der Waals surface area contributed by atoms with Gasteiger partial charge in [-0.3, -0.25) is 4.79 Å². The highest BCUT2D eigenvalue weighted by Gasteiger charge is 2.14. The Hall–Kier alpha value is -2.50. The molecule has 2 rings (SSSR count). The van der Waals surface area contributed by atoms with Crippen molar-refractivity contribution < 1.29 is 9.18 Å². The van der Waals surface area contributed by atoms with E-state index in [4.69, 9.17) is 5.73 Å². The van der Waals surface area contributed by atoms with Crippen LogP contribution in [0.1, 0.15) is 27.4 Å². The van der Waals surface area contributed by atoms with Crippen LogP contribution in [-0.2, 0) is 6.42 Å². The number of nitrogens with two attached hydrogens (primary N) is 1. The molecule has 0 aliphatic carbocycles. The molecule has 0 radical (unpaired) electrons. The number of benzene rings is 1. The van der Waals surface area contributed by atoms with E-state index < -0.39 is 0 Å².